The van der Waals surface area contributed by atoms with Gasteiger partial charge in [0.1, 0.15) is 0 Å². The molecule has 19 heavy (non-hydrogen) atoms. The van der Waals surface area contributed by atoms with E-state index in [1.807, 2.05) is 0 Å². The quantitative estimate of drug-likeness (QED) is 0.535. The Hall–Kier alpha value is -0.0400. The number of hydrogen-bond donors (Lipinski definition) is 0. The fourth-order valence-electron chi connectivity index (χ4n) is 3.07. The summed E-state index contributed by atoms with van der Waals surface area (Å²) in [5, 5.41) is 0. The maximum absolute atomic E-state index is 6.14. The monoisotopic (exact) mass is 268 g/mol. The van der Waals surface area contributed by atoms with Crippen LogP contribution in [0.25, 0.3) is 0 Å². The van der Waals surface area contributed by atoms with Crippen molar-refractivity contribution in [3.8, 4) is 0 Å². The summed E-state index contributed by atoms with van der Waals surface area (Å²) in [4.78, 5) is 0. The fourth-order valence-corrected chi connectivity index (χ4v) is 3.07. The molecule has 0 aromatic rings. The first-order chi connectivity index (χ1) is 9.43. The normalized spacial score (nSPS) is 24.2. The molecule has 1 heterocycles. The van der Waals surface area contributed by atoms with Gasteiger partial charge in [-0.1, -0.05) is 84.0 Å². The summed E-state index contributed by atoms with van der Waals surface area (Å²) < 4.78 is 6.14. The van der Waals surface area contributed by atoms with E-state index < -0.39 is 0 Å². The lowest BCUT2D eigenvalue weighted by Crippen LogP contribution is -2.14. The predicted molar refractivity (Wildman–Crippen MR) is 84.7 cm³/mol. The van der Waals surface area contributed by atoms with Crippen LogP contribution in [0.2, 0.25) is 0 Å². The Morgan fingerprint density at radius 3 is 2.05 bits per heavy atom. The minimum absolute atomic E-state index is 0.567. The highest BCUT2D eigenvalue weighted by Crippen LogP contribution is 2.18. The maximum atomic E-state index is 6.14. The van der Waals surface area contributed by atoms with E-state index in [-0.39, 0.29) is 0 Å². The number of unbranched alkanes of at least 4 members (excludes halogenated alkanes) is 3. The van der Waals surface area contributed by atoms with Crippen LogP contribution >= 0.6 is 0 Å². The van der Waals surface area contributed by atoms with E-state index in [4.69, 9.17) is 4.74 Å². The van der Waals surface area contributed by atoms with E-state index in [0.717, 1.165) is 6.61 Å². The van der Waals surface area contributed by atoms with Crippen molar-refractivity contribution in [1.29, 1.82) is 0 Å². The molecule has 0 N–H and O–H groups in total. The SMILES string of the molecule is CCCCCCC1CCCCCCCCCCCO1. The molecule has 0 saturated carbocycles. The molecule has 1 atom stereocenters. The molecule has 1 aliphatic heterocycles. The lowest BCUT2D eigenvalue weighted by Gasteiger charge is -2.18. The topological polar surface area (TPSA) is 9.23 Å². The van der Waals surface area contributed by atoms with Gasteiger partial charge in [-0.2, -0.15) is 0 Å². The highest BCUT2D eigenvalue weighted by Gasteiger charge is 2.09. The zero-order chi connectivity index (χ0) is 13.6. The van der Waals surface area contributed by atoms with Gasteiger partial charge in [0.25, 0.3) is 0 Å². The Kier molecular flexibility index (Phi) is 11.6. The first kappa shape index (κ1) is 17.0. The van der Waals surface area contributed by atoms with Crippen LogP contribution in [0.15, 0.2) is 0 Å². The van der Waals surface area contributed by atoms with Gasteiger partial charge >= 0.3 is 0 Å². The second-order valence-corrected chi connectivity index (χ2v) is 6.31. The van der Waals surface area contributed by atoms with Gasteiger partial charge in [-0.05, 0) is 19.3 Å². The van der Waals surface area contributed by atoms with Crippen LogP contribution in [-0.4, -0.2) is 12.7 Å². The smallest absolute Gasteiger partial charge is 0.0575 e. The third-order valence-corrected chi connectivity index (χ3v) is 4.40. The summed E-state index contributed by atoms with van der Waals surface area (Å²) >= 11 is 0. The van der Waals surface area contributed by atoms with Gasteiger partial charge in [0.2, 0.25) is 0 Å². The van der Waals surface area contributed by atoms with Crippen molar-refractivity contribution in [1.82, 2.24) is 0 Å². The Bertz CT molecular complexity index is 165. The van der Waals surface area contributed by atoms with Crippen LogP contribution in [-0.2, 0) is 4.74 Å². The lowest BCUT2D eigenvalue weighted by molar-refractivity contribution is 0.0360. The molecule has 0 aromatic heterocycles. The summed E-state index contributed by atoms with van der Waals surface area (Å²) in [6, 6.07) is 0. The first-order valence-electron chi connectivity index (χ1n) is 9.05. The molecule has 0 radical (unpaired) electrons. The van der Waals surface area contributed by atoms with Crippen molar-refractivity contribution in [2.45, 2.75) is 109 Å². The number of rotatable bonds is 5. The molecule has 0 aliphatic carbocycles. The molecule has 1 unspecified atom stereocenters. The number of hydrogen-bond acceptors (Lipinski definition) is 1. The summed E-state index contributed by atoms with van der Waals surface area (Å²) in [6.07, 6.45) is 21.4. The van der Waals surface area contributed by atoms with Crippen LogP contribution in [0.3, 0.4) is 0 Å². The van der Waals surface area contributed by atoms with Crippen molar-refractivity contribution < 1.29 is 4.74 Å². The van der Waals surface area contributed by atoms with E-state index in [1.54, 1.807) is 0 Å². The highest BCUT2D eigenvalue weighted by atomic mass is 16.5. The van der Waals surface area contributed by atoms with Gasteiger partial charge in [0.05, 0.1) is 6.10 Å². The van der Waals surface area contributed by atoms with Gasteiger partial charge in [-0.25, -0.2) is 0 Å². The van der Waals surface area contributed by atoms with Gasteiger partial charge in [0.15, 0.2) is 0 Å². The maximum Gasteiger partial charge on any atom is 0.0575 e. The largest absolute Gasteiger partial charge is 0.378 e. The van der Waals surface area contributed by atoms with E-state index in [1.165, 1.54) is 96.3 Å². The van der Waals surface area contributed by atoms with Crippen molar-refractivity contribution in [3.63, 3.8) is 0 Å². The molecule has 0 bridgehead atoms. The molecule has 1 rings (SSSR count). The molecule has 0 amide bonds. The van der Waals surface area contributed by atoms with Crippen LogP contribution in [0.1, 0.15) is 103 Å². The van der Waals surface area contributed by atoms with Gasteiger partial charge in [0, 0.05) is 6.61 Å². The van der Waals surface area contributed by atoms with Crippen molar-refractivity contribution >= 4 is 0 Å². The molecule has 1 fully saturated rings. The van der Waals surface area contributed by atoms with Crippen LogP contribution in [0.4, 0.5) is 0 Å². The highest BCUT2D eigenvalue weighted by molar-refractivity contribution is 4.61. The average Bonchev–Trinajstić information content (AvgIpc) is 2.45. The molecule has 1 aliphatic rings. The lowest BCUT2D eigenvalue weighted by atomic mass is 10.0. The molecular formula is C18H36O. The van der Waals surface area contributed by atoms with Crippen molar-refractivity contribution in [2.24, 2.45) is 0 Å². The molecule has 1 saturated heterocycles. The van der Waals surface area contributed by atoms with Crippen LogP contribution < -0.4 is 0 Å². The predicted octanol–water partition coefficient (Wildman–Crippen LogP) is 6.26. The van der Waals surface area contributed by atoms with Crippen LogP contribution in [0.5, 0.6) is 0 Å². The zero-order valence-electron chi connectivity index (χ0n) is 13.3. The summed E-state index contributed by atoms with van der Waals surface area (Å²) in [5.41, 5.74) is 0. The summed E-state index contributed by atoms with van der Waals surface area (Å²) in [5.74, 6) is 0. The van der Waals surface area contributed by atoms with Crippen molar-refractivity contribution in [2.75, 3.05) is 6.61 Å². The second-order valence-electron chi connectivity index (χ2n) is 6.31. The third-order valence-electron chi connectivity index (χ3n) is 4.40. The Morgan fingerprint density at radius 1 is 0.737 bits per heavy atom. The first-order valence-corrected chi connectivity index (χ1v) is 9.05. The molecule has 0 spiro atoms. The third kappa shape index (κ3) is 10.4. The minimum Gasteiger partial charge on any atom is -0.378 e. The molecule has 114 valence electrons. The van der Waals surface area contributed by atoms with Crippen molar-refractivity contribution in [3.05, 3.63) is 0 Å². The van der Waals surface area contributed by atoms with E-state index in [2.05, 4.69) is 6.92 Å². The fraction of sp³-hybridized carbons (Fsp3) is 1.00. The molecule has 0 aromatic carbocycles. The van der Waals surface area contributed by atoms with E-state index >= 15 is 0 Å². The summed E-state index contributed by atoms with van der Waals surface area (Å²) in [7, 11) is 0. The molecular weight excluding hydrogens is 232 g/mol. The number of ether oxygens (including phenoxy) is 1. The molecule has 1 heteroatoms. The van der Waals surface area contributed by atoms with Crippen LogP contribution in [0, 0.1) is 0 Å². The summed E-state index contributed by atoms with van der Waals surface area (Å²) in [6.45, 7) is 3.30. The molecule has 1 nitrogen and oxygen atoms in total. The van der Waals surface area contributed by atoms with Gasteiger partial charge < -0.3 is 4.74 Å². The standard InChI is InChI=1S/C18H36O/c1-2-3-4-12-15-18-16-13-10-8-6-5-7-9-11-14-17-19-18/h18H,2-17H2,1H3. The van der Waals surface area contributed by atoms with E-state index in [0.29, 0.717) is 6.10 Å². The second kappa shape index (κ2) is 13.0. The average molecular weight is 268 g/mol. The van der Waals surface area contributed by atoms with Gasteiger partial charge in [-0.3, -0.25) is 0 Å². The Morgan fingerprint density at radius 2 is 1.37 bits per heavy atom. The Balaban J connectivity index is 2.17. The Labute approximate surface area is 121 Å². The zero-order valence-corrected chi connectivity index (χ0v) is 13.3. The van der Waals surface area contributed by atoms with Gasteiger partial charge in [-0.15, -0.1) is 0 Å². The van der Waals surface area contributed by atoms with E-state index in [9.17, 15) is 0 Å². The minimum atomic E-state index is 0.567.